The summed E-state index contributed by atoms with van der Waals surface area (Å²) in [6.07, 6.45) is 12.2. The van der Waals surface area contributed by atoms with E-state index in [9.17, 15) is 0 Å². The normalized spacial score (nSPS) is 34.0. The van der Waals surface area contributed by atoms with Gasteiger partial charge in [0.05, 0.1) is 0 Å². The topological polar surface area (TPSA) is 64.9 Å². The molecule has 0 radical (unpaired) electrons. The van der Waals surface area contributed by atoms with E-state index in [0.717, 1.165) is 30.5 Å². The van der Waals surface area contributed by atoms with Gasteiger partial charge in [0.1, 0.15) is 0 Å². The van der Waals surface area contributed by atoms with Crippen molar-refractivity contribution in [3.05, 3.63) is 11.7 Å². The lowest BCUT2D eigenvalue weighted by Gasteiger charge is -2.27. The lowest BCUT2D eigenvalue weighted by atomic mass is 9.80. The van der Waals surface area contributed by atoms with Crippen LogP contribution in [0.2, 0.25) is 0 Å². The zero-order valence-corrected chi connectivity index (χ0v) is 13.3. The molecular formula is C17H29N3O. The minimum atomic E-state index is 0.314. The SMILES string of the molecule is CCC1CCC(c2noc(CC3CCCCC3N)n2)CC1. The third-order valence-electron chi connectivity index (χ3n) is 5.68. The standard InChI is InChI=1S/C17H29N3O/c1-2-12-7-9-13(10-8-12)17-19-16(21-20-17)11-14-5-3-4-6-15(14)18/h12-15H,2-11,18H2,1H3. The molecule has 4 heteroatoms. The predicted octanol–water partition coefficient (Wildman–Crippen LogP) is 3.81. The summed E-state index contributed by atoms with van der Waals surface area (Å²) in [6.45, 7) is 2.30. The Hall–Kier alpha value is -0.900. The van der Waals surface area contributed by atoms with Gasteiger partial charge in [0.25, 0.3) is 0 Å². The Bertz CT molecular complexity index is 437. The summed E-state index contributed by atoms with van der Waals surface area (Å²) in [5, 5.41) is 4.25. The van der Waals surface area contributed by atoms with Crippen molar-refractivity contribution in [2.24, 2.45) is 17.6 Å². The third kappa shape index (κ3) is 3.65. The van der Waals surface area contributed by atoms with Crippen molar-refractivity contribution in [1.29, 1.82) is 0 Å². The summed E-state index contributed by atoms with van der Waals surface area (Å²) < 4.78 is 5.51. The van der Waals surface area contributed by atoms with Crippen LogP contribution in [0.25, 0.3) is 0 Å². The summed E-state index contributed by atoms with van der Waals surface area (Å²) >= 11 is 0. The van der Waals surface area contributed by atoms with Crippen LogP contribution < -0.4 is 5.73 Å². The minimum Gasteiger partial charge on any atom is -0.339 e. The molecule has 1 aromatic rings. The Morgan fingerprint density at radius 3 is 2.57 bits per heavy atom. The number of aromatic nitrogens is 2. The molecule has 2 unspecified atom stereocenters. The van der Waals surface area contributed by atoms with E-state index in [0.29, 0.717) is 17.9 Å². The Morgan fingerprint density at radius 1 is 1.10 bits per heavy atom. The van der Waals surface area contributed by atoms with Gasteiger partial charge in [-0.3, -0.25) is 0 Å². The lowest BCUT2D eigenvalue weighted by molar-refractivity contribution is 0.270. The monoisotopic (exact) mass is 291 g/mol. The van der Waals surface area contributed by atoms with Crippen molar-refractivity contribution in [3.63, 3.8) is 0 Å². The summed E-state index contributed by atoms with van der Waals surface area (Å²) in [5.74, 6) is 3.72. The van der Waals surface area contributed by atoms with Crippen LogP contribution in [0.3, 0.4) is 0 Å². The largest absolute Gasteiger partial charge is 0.339 e. The average molecular weight is 291 g/mol. The predicted molar refractivity (Wildman–Crippen MR) is 82.9 cm³/mol. The molecule has 1 aromatic heterocycles. The fourth-order valence-electron chi connectivity index (χ4n) is 4.06. The molecule has 2 saturated carbocycles. The Labute approximate surface area is 127 Å². The first-order valence-corrected chi connectivity index (χ1v) is 8.84. The van der Waals surface area contributed by atoms with Gasteiger partial charge < -0.3 is 10.3 Å². The molecular weight excluding hydrogens is 262 g/mol. The number of rotatable bonds is 4. The average Bonchev–Trinajstić information content (AvgIpc) is 2.98. The third-order valence-corrected chi connectivity index (χ3v) is 5.68. The molecule has 0 bridgehead atoms. The summed E-state index contributed by atoms with van der Waals surface area (Å²) in [6, 6.07) is 0.314. The molecule has 4 nitrogen and oxygen atoms in total. The molecule has 2 aliphatic rings. The lowest BCUT2D eigenvalue weighted by Crippen LogP contribution is -2.34. The quantitative estimate of drug-likeness (QED) is 0.916. The smallest absolute Gasteiger partial charge is 0.226 e. The molecule has 3 rings (SSSR count). The van der Waals surface area contributed by atoms with E-state index in [1.807, 2.05) is 0 Å². The van der Waals surface area contributed by atoms with Crippen LogP contribution in [0.1, 0.15) is 82.3 Å². The van der Waals surface area contributed by atoms with E-state index in [1.54, 1.807) is 0 Å². The summed E-state index contributed by atoms with van der Waals surface area (Å²) in [5.41, 5.74) is 6.22. The van der Waals surface area contributed by atoms with Gasteiger partial charge in [-0.25, -0.2) is 0 Å². The molecule has 0 aromatic carbocycles. The highest BCUT2D eigenvalue weighted by Crippen LogP contribution is 2.36. The van der Waals surface area contributed by atoms with Gasteiger partial charge in [-0.1, -0.05) is 31.3 Å². The highest BCUT2D eigenvalue weighted by molar-refractivity contribution is 4.99. The first kappa shape index (κ1) is 15.0. The van der Waals surface area contributed by atoms with E-state index in [-0.39, 0.29) is 0 Å². The number of hydrogen-bond acceptors (Lipinski definition) is 4. The van der Waals surface area contributed by atoms with Crippen LogP contribution in [0, 0.1) is 11.8 Å². The van der Waals surface area contributed by atoms with Crippen LogP contribution in [-0.2, 0) is 6.42 Å². The van der Waals surface area contributed by atoms with Gasteiger partial charge in [0, 0.05) is 18.4 Å². The van der Waals surface area contributed by atoms with Crippen molar-refractivity contribution in [1.82, 2.24) is 10.1 Å². The molecule has 21 heavy (non-hydrogen) atoms. The Morgan fingerprint density at radius 2 is 1.86 bits per heavy atom. The number of nitrogens with two attached hydrogens (primary N) is 1. The van der Waals surface area contributed by atoms with Crippen LogP contribution in [0.15, 0.2) is 4.52 Å². The Kier molecular flexibility index (Phi) is 4.94. The van der Waals surface area contributed by atoms with Gasteiger partial charge in [-0.2, -0.15) is 4.98 Å². The second kappa shape index (κ2) is 6.91. The first-order chi connectivity index (χ1) is 10.3. The van der Waals surface area contributed by atoms with Crippen molar-refractivity contribution in [2.75, 3.05) is 0 Å². The maximum absolute atomic E-state index is 6.22. The highest BCUT2D eigenvalue weighted by Gasteiger charge is 2.27. The minimum absolute atomic E-state index is 0.314. The highest BCUT2D eigenvalue weighted by atomic mass is 16.5. The maximum atomic E-state index is 6.22. The fraction of sp³-hybridized carbons (Fsp3) is 0.882. The van der Waals surface area contributed by atoms with Crippen LogP contribution in [0.4, 0.5) is 0 Å². The fourth-order valence-corrected chi connectivity index (χ4v) is 4.06. The Balaban J connectivity index is 1.56. The van der Waals surface area contributed by atoms with E-state index in [2.05, 4.69) is 17.1 Å². The maximum Gasteiger partial charge on any atom is 0.226 e. The molecule has 2 aliphatic carbocycles. The molecule has 2 atom stereocenters. The molecule has 0 saturated heterocycles. The van der Waals surface area contributed by atoms with Crippen molar-refractivity contribution < 1.29 is 4.52 Å². The van der Waals surface area contributed by atoms with Gasteiger partial charge in [0.15, 0.2) is 5.82 Å². The second-order valence-electron chi connectivity index (χ2n) is 7.08. The van der Waals surface area contributed by atoms with E-state index in [1.165, 1.54) is 51.4 Å². The van der Waals surface area contributed by atoms with Crippen molar-refractivity contribution in [2.45, 2.75) is 83.1 Å². The van der Waals surface area contributed by atoms with Crippen LogP contribution in [0.5, 0.6) is 0 Å². The molecule has 0 amide bonds. The van der Waals surface area contributed by atoms with Gasteiger partial charge in [-0.15, -0.1) is 0 Å². The zero-order valence-electron chi connectivity index (χ0n) is 13.3. The van der Waals surface area contributed by atoms with E-state index in [4.69, 9.17) is 10.3 Å². The van der Waals surface area contributed by atoms with Crippen LogP contribution >= 0.6 is 0 Å². The number of nitrogens with zero attached hydrogens (tertiary/aromatic N) is 2. The molecule has 1 heterocycles. The van der Waals surface area contributed by atoms with Gasteiger partial charge in [-0.05, 0) is 50.4 Å². The first-order valence-electron chi connectivity index (χ1n) is 8.84. The van der Waals surface area contributed by atoms with E-state index >= 15 is 0 Å². The van der Waals surface area contributed by atoms with E-state index < -0.39 is 0 Å². The van der Waals surface area contributed by atoms with Gasteiger partial charge >= 0.3 is 0 Å². The molecule has 2 N–H and O–H groups in total. The molecule has 0 spiro atoms. The summed E-state index contributed by atoms with van der Waals surface area (Å²) in [4.78, 5) is 4.68. The zero-order chi connectivity index (χ0) is 14.7. The van der Waals surface area contributed by atoms with Gasteiger partial charge in [0.2, 0.25) is 5.89 Å². The molecule has 118 valence electrons. The molecule has 0 aliphatic heterocycles. The number of hydrogen-bond donors (Lipinski definition) is 1. The van der Waals surface area contributed by atoms with Crippen molar-refractivity contribution >= 4 is 0 Å². The van der Waals surface area contributed by atoms with Crippen molar-refractivity contribution in [3.8, 4) is 0 Å². The van der Waals surface area contributed by atoms with Crippen LogP contribution in [-0.4, -0.2) is 16.2 Å². The molecule has 2 fully saturated rings. The second-order valence-corrected chi connectivity index (χ2v) is 7.08. The summed E-state index contributed by atoms with van der Waals surface area (Å²) in [7, 11) is 0.